The lowest BCUT2D eigenvalue weighted by molar-refractivity contribution is -0.144. The van der Waals surface area contributed by atoms with E-state index in [1.807, 2.05) is 6.92 Å². The molecule has 2 nitrogen and oxygen atoms in total. The van der Waals surface area contributed by atoms with Gasteiger partial charge >= 0.3 is 5.97 Å². The number of rotatable bonds is 0. The highest BCUT2D eigenvalue weighted by molar-refractivity contribution is 5.74. The van der Waals surface area contributed by atoms with Gasteiger partial charge in [0.2, 0.25) is 0 Å². The van der Waals surface area contributed by atoms with E-state index in [2.05, 4.69) is 26.8 Å². The Morgan fingerprint density at radius 3 is 2.62 bits per heavy atom. The lowest BCUT2D eigenvalue weighted by Gasteiger charge is -2.30. The van der Waals surface area contributed by atoms with Gasteiger partial charge < -0.3 is 4.74 Å². The Labute approximate surface area is 79.0 Å². The van der Waals surface area contributed by atoms with Gasteiger partial charge in [-0.2, -0.15) is 0 Å². The summed E-state index contributed by atoms with van der Waals surface area (Å²) < 4.78 is 5.36. The van der Waals surface area contributed by atoms with Crippen LogP contribution in [0.1, 0.15) is 34.1 Å². The molecule has 0 radical (unpaired) electrons. The molecule has 1 fully saturated rings. The zero-order valence-electron chi connectivity index (χ0n) is 8.68. The van der Waals surface area contributed by atoms with Crippen molar-refractivity contribution in [2.24, 2.45) is 11.3 Å². The van der Waals surface area contributed by atoms with Crippen LogP contribution in [-0.2, 0) is 9.53 Å². The van der Waals surface area contributed by atoms with E-state index in [1.54, 1.807) is 0 Å². The van der Waals surface area contributed by atoms with Gasteiger partial charge in [-0.05, 0) is 25.3 Å². The highest BCUT2D eigenvalue weighted by Crippen LogP contribution is 2.54. The first kappa shape index (κ1) is 8.79. The number of fused-ring (bicyclic) bond motifs is 1. The summed E-state index contributed by atoms with van der Waals surface area (Å²) in [5.74, 6) is 0.275. The molecule has 2 rings (SSSR count). The van der Waals surface area contributed by atoms with Crippen molar-refractivity contribution in [1.29, 1.82) is 0 Å². The van der Waals surface area contributed by atoms with Crippen LogP contribution in [0.15, 0.2) is 11.6 Å². The molecule has 2 heteroatoms. The van der Waals surface area contributed by atoms with Gasteiger partial charge in [0.15, 0.2) is 0 Å². The van der Waals surface area contributed by atoms with Gasteiger partial charge in [0, 0.05) is 5.92 Å². The first-order chi connectivity index (χ1) is 5.86. The maximum atomic E-state index is 11.2. The highest BCUT2D eigenvalue weighted by atomic mass is 16.6. The molecule has 0 amide bonds. The number of allylic oxidation sites excluding steroid dienone is 1. The number of esters is 1. The Morgan fingerprint density at radius 1 is 1.46 bits per heavy atom. The SMILES string of the molecule is CC1=CC2(C)OC(=O)CC2C1(C)C. The average molecular weight is 180 g/mol. The summed E-state index contributed by atoms with van der Waals surface area (Å²) in [6.07, 6.45) is 2.68. The van der Waals surface area contributed by atoms with Crippen LogP contribution >= 0.6 is 0 Å². The fourth-order valence-electron chi connectivity index (χ4n) is 2.72. The van der Waals surface area contributed by atoms with Crippen molar-refractivity contribution in [1.82, 2.24) is 0 Å². The molecule has 0 saturated carbocycles. The molecule has 13 heavy (non-hydrogen) atoms. The van der Waals surface area contributed by atoms with Crippen molar-refractivity contribution in [2.75, 3.05) is 0 Å². The number of hydrogen-bond acceptors (Lipinski definition) is 2. The van der Waals surface area contributed by atoms with Crippen LogP contribution < -0.4 is 0 Å². The van der Waals surface area contributed by atoms with Crippen LogP contribution in [0.2, 0.25) is 0 Å². The number of carbonyl (C=O) groups is 1. The summed E-state index contributed by atoms with van der Waals surface area (Å²) in [7, 11) is 0. The van der Waals surface area contributed by atoms with Crippen molar-refractivity contribution in [2.45, 2.75) is 39.7 Å². The highest BCUT2D eigenvalue weighted by Gasteiger charge is 2.56. The second-order valence-corrected chi connectivity index (χ2v) is 4.96. The predicted molar refractivity (Wildman–Crippen MR) is 50.1 cm³/mol. The largest absolute Gasteiger partial charge is 0.455 e. The maximum absolute atomic E-state index is 11.2. The van der Waals surface area contributed by atoms with Crippen LogP contribution in [0, 0.1) is 11.3 Å². The van der Waals surface area contributed by atoms with Gasteiger partial charge in [-0.25, -0.2) is 0 Å². The molecular weight excluding hydrogens is 164 g/mol. The average Bonchev–Trinajstić information content (AvgIpc) is 2.32. The van der Waals surface area contributed by atoms with Crippen LogP contribution in [0.4, 0.5) is 0 Å². The minimum absolute atomic E-state index is 0.0516. The third kappa shape index (κ3) is 0.976. The third-order valence-corrected chi connectivity index (χ3v) is 3.79. The van der Waals surface area contributed by atoms with Gasteiger partial charge in [-0.1, -0.05) is 19.4 Å². The first-order valence-corrected chi connectivity index (χ1v) is 4.78. The number of ether oxygens (including phenoxy) is 1. The van der Waals surface area contributed by atoms with Crippen molar-refractivity contribution < 1.29 is 9.53 Å². The van der Waals surface area contributed by atoms with Gasteiger partial charge in [0.05, 0.1) is 6.42 Å². The lowest BCUT2D eigenvalue weighted by Crippen LogP contribution is -2.32. The maximum Gasteiger partial charge on any atom is 0.307 e. The van der Waals surface area contributed by atoms with Crippen molar-refractivity contribution in [3.63, 3.8) is 0 Å². The quantitative estimate of drug-likeness (QED) is 0.422. The minimum Gasteiger partial charge on any atom is -0.455 e. The fraction of sp³-hybridized carbons (Fsp3) is 0.727. The molecule has 2 atom stereocenters. The zero-order chi connectivity index (χ0) is 9.85. The molecule has 0 bridgehead atoms. The van der Waals surface area contributed by atoms with Gasteiger partial charge in [-0.3, -0.25) is 4.79 Å². The van der Waals surface area contributed by atoms with E-state index in [-0.39, 0.29) is 17.0 Å². The Morgan fingerprint density at radius 2 is 2.08 bits per heavy atom. The summed E-state index contributed by atoms with van der Waals surface area (Å²) >= 11 is 0. The minimum atomic E-state index is -0.329. The molecule has 72 valence electrons. The topological polar surface area (TPSA) is 26.3 Å². The first-order valence-electron chi connectivity index (χ1n) is 4.78. The summed E-state index contributed by atoms with van der Waals surface area (Å²) in [4.78, 5) is 11.2. The van der Waals surface area contributed by atoms with E-state index >= 15 is 0 Å². The Hall–Kier alpha value is -0.790. The van der Waals surface area contributed by atoms with Crippen LogP contribution in [0.25, 0.3) is 0 Å². The van der Waals surface area contributed by atoms with Crippen molar-refractivity contribution in [3.8, 4) is 0 Å². The molecule has 2 aliphatic rings. The normalized spacial score (nSPS) is 41.4. The molecule has 0 aromatic carbocycles. The Bertz CT molecular complexity index is 301. The predicted octanol–water partition coefficient (Wildman–Crippen LogP) is 2.29. The number of carbonyl (C=O) groups excluding carboxylic acids is 1. The second kappa shape index (κ2) is 2.17. The summed E-state index contributed by atoms with van der Waals surface area (Å²) in [6.45, 7) is 8.52. The van der Waals surface area contributed by atoms with Gasteiger partial charge in [0.25, 0.3) is 0 Å². The molecule has 1 aliphatic carbocycles. The van der Waals surface area contributed by atoms with Crippen LogP contribution in [0.5, 0.6) is 0 Å². The second-order valence-electron chi connectivity index (χ2n) is 4.96. The molecule has 1 heterocycles. The van der Waals surface area contributed by atoms with E-state index < -0.39 is 0 Å². The van der Waals surface area contributed by atoms with E-state index in [1.165, 1.54) is 5.57 Å². The Kier molecular flexibility index (Phi) is 1.47. The molecule has 0 aromatic rings. The number of hydrogen-bond donors (Lipinski definition) is 0. The molecule has 0 aromatic heterocycles. The third-order valence-electron chi connectivity index (χ3n) is 3.79. The van der Waals surface area contributed by atoms with Crippen molar-refractivity contribution >= 4 is 5.97 Å². The lowest BCUT2D eigenvalue weighted by atomic mass is 9.73. The van der Waals surface area contributed by atoms with Gasteiger partial charge in [0.1, 0.15) is 5.60 Å². The summed E-state index contributed by atoms with van der Waals surface area (Å²) in [5, 5.41) is 0. The molecule has 1 aliphatic heterocycles. The monoisotopic (exact) mass is 180 g/mol. The molecular formula is C11H16O2. The molecule has 0 spiro atoms. The zero-order valence-corrected chi connectivity index (χ0v) is 8.68. The molecule has 0 N–H and O–H groups in total. The van der Waals surface area contributed by atoms with Crippen LogP contribution in [0.3, 0.4) is 0 Å². The van der Waals surface area contributed by atoms with E-state index in [0.717, 1.165) is 0 Å². The summed E-state index contributed by atoms with van der Waals surface area (Å²) in [6, 6.07) is 0. The Balaban J connectivity index is 2.44. The van der Waals surface area contributed by atoms with Crippen LogP contribution in [-0.4, -0.2) is 11.6 Å². The fourth-order valence-corrected chi connectivity index (χ4v) is 2.72. The van der Waals surface area contributed by atoms with Gasteiger partial charge in [-0.15, -0.1) is 0 Å². The van der Waals surface area contributed by atoms with E-state index in [9.17, 15) is 4.79 Å². The smallest absolute Gasteiger partial charge is 0.307 e. The molecule has 1 saturated heterocycles. The summed E-state index contributed by atoms with van der Waals surface area (Å²) in [5.41, 5.74) is 1.12. The van der Waals surface area contributed by atoms with E-state index in [0.29, 0.717) is 12.3 Å². The molecule has 2 unspecified atom stereocenters. The van der Waals surface area contributed by atoms with Crippen molar-refractivity contribution in [3.05, 3.63) is 11.6 Å². The standard InChI is InChI=1S/C11H16O2/c1-7-6-11(4)8(10(7,2)3)5-9(12)13-11/h6,8H,5H2,1-4H3. The van der Waals surface area contributed by atoms with E-state index in [4.69, 9.17) is 4.74 Å².